The van der Waals surface area contributed by atoms with Crippen molar-refractivity contribution < 1.29 is 0 Å². The summed E-state index contributed by atoms with van der Waals surface area (Å²) in [6, 6.07) is 0. The second-order valence-corrected chi connectivity index (χ2v) is 4.48. The topological polar surface area (TPSA) is 9.72 Å². The molecule has 0 aromatic heterocycles. The van der Waals surface area contributed by atoms with E-state index in [1.54, 1.807) is 0 Å². The van der Waals surface area contributed by atoms with Crippen molar-refractivity contribution in [1.29, 1.82) is 0 Å². The number of hydrogen-bond acceptors (Lipinski definition) is 3. The Morgan fingerprint density at radius 3 is 1.56 bits per heavy atom. The fourth-order valence-electron chi connectivity index (χ4n) is 2.15. The number of likely N-dealkylation sites (N-methyl/N-ethyl adjacent to an activating group) is 2. The van der Waals surface area contributed by atoms with Gasteiger partial charge < -0.3 is 9.80 Å². The summed E-state index contributed by atoms with van der Waals surface area (Å²) in [7, 11) is 0. The second-order valence-electron chi connectivity index (χ2n) is 4.48. The van der Waals surface area contributed by atoms with Gasteiger partial charge in [-0.2, -0.15) is 0 Å². The van der Waals surface area contributed by atoms with Crippen molar-refractivity contribution >= 4 is 0 Å². The Labute approximate surface area is 114 Å². The van der Waals surface area contributed by atoms with Crippen LogP contribution in [-0.4, -0.2) is 60.5 Å². The van der Waals surface area contributed by atoms with Crippen LogP contribution in [0.3, 0.4) is 0 Å². The molecular formula is C15H33N3. The van der Waals surface area contributed by atoms with Crippen LogP contribution in [0.4, 0.5) is 0 Å². The summed E-state index contributed by atoms with van der Waals surface area (Å²) >= 11 is 0. The molecule has 0 saturated carbocycles. The van der Waals surface area contributed by atoms with E-state index in [0.717, 1.165) is 45.8 Å². The van der Waals surface area contributed by atoms with E-state index >= 15 is 0 Å². The molecule has 0 fully saturated rings. The molecule has 0 aromatic rings. The zero-order chi connectivity index (χ0) is 14.0. The van der Waals surface area contributed by atoms with Gasteiger partial charge in [-0.25, -0.2) is 0 Å². The molecular weight excluding hydrogens is 222 g/mol. The molecule has 0 radical (unpaired) electrons. The SMILES string of the molecule is CCN(/C=C(\CN(CC)CC)N(CC)CC)CC. The smallest absolute Gasteiger partial charge is 0.0437 e. The molecule has 0 amide bonds. The molecule has 0 N–H and O–H groups in total. The van der Waals surface area contributed by atoms with E-state index in [1.165, 1.54) is 5.70 Å². The van der Waals surface area contributed by atoms with E-state index in [-0.39, 0.29) is 0 Å². The van der Waals surface area contributed by atoms with Gasteiger partial charge in [0, 0.05) is 44.6 Å². The number of nitrogens with zero attached hydrogens (tertiary/aromatic N) is 3. The van der Waals surface area contributed by atoms with E-state index in [4.69, 9.17) is 0 Å². The maximum absolute atomic E-state index is 2.48. The average molecular weight is 255 g/mol. The summed E-state index contributed by atoms with van der Waals surface area (Å²) in [6.45, 7) is 21.0. The lowest BCUT2D eigenvalue weighted by atomic mass is 10.3. The van der Waals surface area contributed by atoms with Crippen LogP contribution >= 0.6 is 0 Å². The molecule has 0 rings (SSSR count). The molecule has 0 atom stereocenters. The van der Waals surface area contributed by atoms with Gasteiger partial charge in [-0.05, 0) is 40.8 Å². The Bertz CT molecular complexity index is 214. The minimum absolute atomic E-state index is 1.06. The van der Waals surface area contributed by atoms with Crippen molar-refractivity contribution in [3.8, 4) is 0 Å². The third-order valence-corrected chi connectivity index (χ3v) is 3.59. The Hall–Kier alpha value is -0.700. The van der Waals surface area contributed by atoms with Crippen LogP contribution in [0.25, 0.3) is 0 Å². The van der Waals surface area contributed by atoms with Gasteiger partial charge in [0.25, 0.3) is 0 Å². The highest BCUT2D eigenvalue weighted by Gasteiger charge is 2.10. The van der Waals surface area contributed by atoms with Gasteiger partial charge in [0.15, 0.2) is 0 Å². The lowest BCUT2D eigenvalue weighted by Crippen LogP contribution is -2.34. The molecule has 3 nitrogen and oxygen atoms in total. The molecule has 18 heavy (non-hydrogen) atoms. The summed E-state index contributed by atoms with van der Waals surface area (Å²) in [5.41, 5.74) is 1.45. The molecule has 0 aliphatic heterocycles. The van der Waals surface area contributed by atoms with Gasteiger partial charge in [-0.1, -0.05) is 13.8 Å². The third-order valence-electron chi connectivity index (χ3n) is 3.59. The zero-order valence-electron chi connectivity index (χ0n) is 13.4. The highest BCUT2D eigenvalue weighted by Crippen LogP contribution is 2.08. The Morgan fingerprint density at radius 2 is 1.22 bits per heavy atom. The lowest BCUT2D eigenvalue weighted by Gasteiger charge is -2.31. The van der Waals surface area contributed by atoms with Gasteiger partial charge in [0.05, 0.1) is 0 Å². The first-order valence-electron chi connectivity index (χ1n) is 7.58. The molecule has 0 aliphatic carbocycles. The molecule has 108 valence electrons. The zero-order valence-corrected chi connectivity index (χ0v) is 13.4. The van der Waals surface area contributed by atoms with Gasteiger partial charge in [0.2, 0.25) is 0 Å². The fourth-order valence-corrected chi connectivity index (χ4v) is 2.15. The van der Waals surface area contributed by atoms with Crippen molar-refractivity contribution in [3.05, 3.63) is 11.9 Å². The van der Waals surface area contributed by atoms with E-state index in [1.807, 2.05) is 0 Å². The van der Waals surface area contributed by atoms with Crippen molar-refractivity contribution in [3.63, 3.8) is 0 Å². The van der Waals surface area contributed by atoms with Gasteiger partial charge in [0.1, 0.15) is 0 Å². The quantitative estimate of drug-likeness (QED) is 0.594. The predicted molar refractivity (Wildman–Crippen MR) is 81.7 cm³/mol. The Kier molecular flexibility index (Phi) is 9.85. The van der Waals surface area contributed by atoms with Crippen molar-refractivity contribution in [2.24, 2.45) is 0 Å². The molecule has 0 aliphatic rings. The van der Waals surface area contributed by atoms with Crippen LogP contribution < -0.4 is 0 Å². The molecule has 3 heteroatoms. The second kappa shape index (κ2) is 10.2. The average Bonchev–Trinajstić information content (AvgIpc) is 2.42. The molecule has 0 bridgehead atoms. The van der Waals surface area contributed by atoms with Crippen LogP contribution in [-0.2, 0) is 0 Å². The van der Waals surface area contributed by atoms with E-state index in [2.05, 4.69) is 62.4 Å². The van der Waals surface area contributed by atoms with Gasteiger partial charge >= 0.3 is 0 Å². The van der Waals surface area contributed by atoms with Crippen molar-refractivity contribution in [2.45, 2.75) is 41.5 Å². The van der Waals surface area contributed by atoms with Crippen LogP contribution in [0, 0.1) is 0 Å². The molecule has 0 saturated heterocycles. The summed E-state index contributed by atoms with van der Waals surface area (Å²) in [6.07, 6.45) is 2.35. The number of hydrogen-bond donors (Lipinski definition) is 0. The summed E-state index contributed by atoms with van der Waals surface area (Å²) in [4.78, 5) is 7.33. The van der Waals surface area contributed by atoms with E-state index in [9.17, 15) is 0 Å². The molecule has 0 unspecified atom stereocenters. The third kappa shape index (κ3) is 5.76. The van der Waals surface area contributed by atoms with Crippen LogP contribution in [0.1, 0.15) is 41.5 Å². The first kappa shape index (κ1) is 17.3. The van der Waals surface area contributed by atoms with Crippen molar-refractivity contribution in [2.75, 3.05) is 45.8 Å². The van der Waals surface area contributed by atoms with Crippen LogP contribution in [0.5, 0.6) is 0 Å². The summed E-state index contributed by atoms with van der Waals surface area (Å²) in [5.74, 6) is 0. The maximum Gasteiger partial charge on any atom is 0.0437 e. The molecule has 0 heterocycles. The predicted octanol–water partition coefficient (Wildman–Crippen LogP) is 2.85. The highest BCUT2D eigenvalue weighted by molar-refractivity contribution is 5.03. The molecule has 0 aromatic carbocycles. The summed E-state index contributed by atoms with van der Waals surface area (Å²) < 4.78 is 0. The van der Waals surface area contributed by atoms with Crippen LogP contribution in [0.2, 0.25) is 0 Å². The maximum atomic E-state index is 2.48. The van der Waals surface area contributed by atoms with Crippen LogP contribution in [0.15, 0.2) is 11.9 Å². The van der Waals surface area contributed by atoms with Gasteiger partial charge in [-0.15, -0.1) is 0 Å². The van der Waals surface area contributed by atoms with Crippen molar-refractivity contribution in [1.82, 2.24) is 14.7 Å². The summed E-state index contributed by atoms with van der Waals surface area (Å²) in [5, 5.41) is 0. The van der Waals surface area contributed by atoms with Gasteiger partial charge in [-0.3, -0.25) is 4.90 Å². The fraction of sp³-hybridized carbons (Fsp3) is 0.867. The monoisotopic (exact) mass is 255 g/mol. The highest BCUT2D eigenvalue weighted by atomic mass is 15.2. The normalized spacial score (nSPS) is 12.1. The molecule has 0 spiro atoms. The van der Waals surface area contributed by atoms with E-state index < -0.39 is 0 Å². The Balaban J connectivity index is 4.90. The standard InChI is InChI=1S/C15H33N3/c1-7-16(8-2)13-15(18(11-5)12-6)14-17(9-3)10-4/h13H,7-12,14H2,1-6H3/b15-13+. The largest absolute Gasteiger partial charge is 0.376 e. The van der Waals surface area contributed by atoms with E-state index in [0.29, 0.717) is 0 Å². The first-order chi connectivity index (χ1) is 8.66. The minimum atomic E-state index is 1.06. The minimum Gasteiger partial charge on any atom is -0.376 e. The first-order valence-corrected chi connectivity index (χ1v) is 7.58. The Morgan fingerprint density at radius 1 is 0.722 bits per heavy atom. The number of rotatable bonds is 10. The lowest BCUT2D eigenvalue weighted by molar-refractivity contribution is 0.266.